The number of nitrogens with zero attached hydrogens (tertiary/aromatic N) is 3. The zero-order valence-corrected chi connectivity index (χ0v) is 18.1. The number of carbonyl (C=O) groups is 1. The van der Waals surface area contributed by atoms with Crippen LogP contribution >= 0.6 is 0 Å². The monoisotopic (exact) mass is 438 g/mol. The minimum atomic E-state index is -0.655. The lowest BCUT2D eigenvalue weighted by Gasteiger charge is -2.28. The Balaban J connectivity index is 1.52. The summed E-state index contributed by atoms with van der Waals surface area (Å²) < 4.78 is 19.2. The number of pyridine rings is 1. The van der Waals surface area contributed by atoms with Gasteiger partial charge in [-0.25, -0.2) is 19.3 Å². The molecule has 1 aliphatic carbocycles. The van der Waals surface area contributed by atoms with E-state index in [2.05, 4.69) is 20.6 Å². The summed E-state index contributed by atoms with van der Waals surface area (Å²) in [4.78, 5) is 20.6. The van der Waals surface area contributed by atoms with Gasteiger partial charge in [0.25, 0.3) is 0 Å². The third kappa shape index (κ3) is 3.77. The summed E-state index contributed by atoms with van der Waals surface area (Å²) in [6, 6.07) is 5.11. The van der Waals surface area contributed by atoms with Crippen molar-refractivity contribution >= 4 is 34.4 Å². The summed E-state index contributed by atoms with van der Waals surface area (Å²) in [6.45, 7) is 2.91. The fourth-order valence-corrected chi connectivity index (χ4v) is 3.82. The van der Waals surface area contributed by atoms with E-state index in [1.54, 1.807) is 7.05 Å². The van der Waals surface area contributed by atoms with Crippen molar-refractivity contribution in [2.24, 2.45) is 5.73 Å². The first kappa shape index (κ1) is 20.4. The Bertz CT molecular complexity index is 1170. The van der Waals surface area contributed by atoms with Crippen LogP contribution in [0, 0.1) is 0 Å². The summed E-state index contributed by atoms with van der Waals surface area (Å²) in [6.07, 6.45) is 5.08. The third-order valence-electron chi connectivity index (χ3n) is 5.72. The average molecular weight is 438 g/mol. The highest BCUT2D eigenvalue weighted by atomic mass is 16.6. The number of imidazole rings is 1. The maximum atomic E-state index is 11.8. The van der Waals surface area contributed by atoms with Crippen LogP contribution < -0.4 is 25.8 Å². The molecule has 1 aromatic carbocycles. The molecule has 32 heavy (non-hydrogen) atoms. The number of aromatic nitrogens is 3. The van der Waals surface area contributed by atoms with Gasteiger partial charge in [0.15, 0.2) is 17.1 Å². The van der Waals surface area contributed by atoms with Gasteiger partial charge in [0.2, 0.25) is 0 Å². The van der Waals surface area contributed by atoms with Crippen molar-refractivity contribution in [3.8, 4) is 11.5 Å². The molecular formula is C22H26N6O4. The summed E-state index contributed by atoms with van der Waals surface area (Å²) >= 11 is 0. The van der Waals surface area contributed by atoms with Gasteiger partial charge in [-0.1, -0.05) is 0 Å². The van der Waals surface area contributed by atoms with Crippen LogP contribution in [0.15, 0.2) is 24.5 Å². The van der Waals surface area contributed by atoms with Gasteiger partial charge in [-0.3, -0.25) is 0 Å². The SMILES string of the molecule is CNc1cc(Nc2cc(COC3CCC3)cc3c2OC[C@@H](C)O3)nc2c1ncn2C(N)=O. The van der Waals surface area contributed by atoms with Crippen molar-refractivity contribution in [3.05, 3.63) is 30.1 Å². The van der Waals surface area contributed by atoms with Crippen molar-refractivity contribution in [1.82, 2.24) is 14.5 Å². The molecule has 4 N–H and O–H groups in total. The number of nitrogens with one attached hydrogen (secondary N) is 2. The summed E-state index contributed by atoms with van der Waals surface area (Å²) in [7, 11) is 1.78. The lowest BCUT2D eigenvalue weighted by molar-refractivity contribution is -0.00885. The minimum Gasteiger partial charge on any atom is -0.484 e. The van der Waals surface area contributed by atoms with Crippen molar-refractivity contribution in [1.29, 1.82) is 0 Å². The number of nitrogens with two attached hydrogens (primary N) is 1. The lowest BCUT2D eigenvalue weighted by atomic mass is 9.96. The van der Waals surface area contributed by atoms with Crippen LogP contribution in [0.2, 0.25) is 0 Å². The molecule has 0 radical (unpaired) electrons. The standard InChI is InChI=1S/C22H26N6O4/c1-12-9-31-20-16(6-13(7-17(20)32-12)10-30-14-4-3-5-14)26-18-8-15(24-2)19-21(27-18)28(11-25-19)22(23)29/h6-8,11-12,14H,3-5,9-10H2,1-2H3,(H2,23,29)(H2,24,26,27)/t12-/m1/s1. The van der Waals surface area contributed by atoms with Gasteiger partial charge in [0.1, 0.15) is 30.4 Å². The Labute approximate surface area is 185 Å². The van der Waals surface area contributed by atoms with E-state index in [-0.39, 0.29) is 6.10 Å². The lowest BCUT2D eigenvalue weighted by Crippen LogP contribution is -2.26. The molecule has 10 nitrogen and oxygen atoms in total. The van der Waals surface area contributed by atoms with Crippen molar-refractivity contribution in [2.45, 2.75) is 45.0 Å². The average Bonchev–Trinajstić information content (AvgIpc) is 3.16. The van der Waals surface area contributed by atoms with E-state index in [4.69, 9.17) is 19.9 Å². The molecule has 1 saturated carbocycles. The van der Waals surface area contributed by atoms with E-state index in [9.17, 15) is 4.79 Å². The smallest absolute Gasteiger partial charge is 0.325 e. The van der Waals surface area contributed by atoms with Gasteiger partial charge in [-0.05, 0) is 43.9 Å². The van der Waals surface area contributed by atoms with Crippen LogP contribution in [0.5, 0.6) is 11.5 Å². The summed E-state index contributed by atoms with van der Waals surface area (Å²) in [5, 5.41) is 6.41. The molecule has 1 amide bonds. The van der Waals surface area contributed by atoms with Crippen molar-refractivity contribution in [3.63, 3.8) is 0 Å². The summed E-state index contributed by atoms with van der Waals surface area (Å²) in [5.41, 5.74) is 8.78. The molecule has 1 fully saturated rings. The highest BCUT2D eigenvalue weighted by molar-refractivity contribution is 5.94. The Morgan fingerprint density at radius 1 is 1.31 bits per heavy atom. The molecule has 3 heterocycles. The van der Waals surface area contributed by atoms with Crippen LogP contribution in [-0.2, 0) is 11.3 Å². The molecule has 2 aliphatic rings. The van der Waals surface area contributed by atoms with E-state index in [1.165, 1.54) is 17.3 Å². The number of anilines is 3. The molecule has 3 aromatic rings. The predicted octanol–water partition coefficient (Wildman–Crippen LogP) is 3.37. The second-order valence-corrected chi connectivity index (χ2v) is 8.13. The van der Waals surface area contributed by atoms with Gasteiger partial charge < -0.3 is 30.6 Å². The number of primary amides is 1. The van der Waals surface area contributed by atoms with E-state index in [0.717, 1.165) is 18.4 Å². The number of fused-ring (bicyclic) bond motifs is 2. The van der Waals surface area contributed by atoms with Crippen molar-refractivity contribution < 1.29 is 19.0 Å². The van der Waals surface area contributed by atoms with Crippen LogP contribution in [0.25, 0.3) is 11.2 Å². The third-order valence-corrected chi connectivity index (χ3v) is 5.72. The molecule has 0 unspecified atom stereocenters. The first-order chi connectivity index (χ1) is 15.5. The Morgan fingerprint density at radius 2 is 2.16 bits per heavy atom. The van der Waals surface area contributed by atoms with Gasteiger partial charge in [0, 0.05) is 13.1 Å². The molecular weight excluding hydrogens is 412 g/mol. The highest BCUT2D eigenvalue weighted by Crippen LogP contribution is 2.42. The maximum absolute atomic E-state index is 11.8. The van der Waals surface area contributed by atoms with Crippen LogP contribution in [0.4, 0.5) is 22.0 Å². The Kier molecular flexibility index (Phi) is 5.22. The topological polar surface area (TPSA) is 126 Å². The van der Waals surface area contributed by atoms with Gasteiger partial charge in [-0.15, -0.1) is 0 Å². The number of benzene rings is 1. The molecule has 1 atom stereocenters. The first-order valence-electron chi connectivity index (χ1n) is 10.7. The van der Waals surface area contributed by atoms with Gasteiger partial charge in [-0.2, -0.15) is 0 Å². The number of amides is 1. The number of rotatable bonds is 6. The second kappa shape index (κ2) is 8.19. The number of hydrogen-bond acceptors (Lipinski definition) is 8. The molecule has 0 spiro atoms. The molecule has 1 aliphatic heterocycles. The Hall–Kier alpha value is -3.53. The van der Waals surface area contributed by atoms with E-state index < -0.39 is 6.03 Å². The van der Waals surface area contributed by atoms with Gasteiger partial charge >= 0.3 is 6.03 Å². The zero-order chi connectivity index (χ0) is 22.2. The highest BCUT2D eigenvalue weighted by Gasteiger charge is 2.24. The fraction of sp³-hybridized carbons (Fsp3) is 0.409. The molecule has 5 rings (SSSR count). The van der Waals surface area contributed by atoms with Crippen LogP contribution in [0.1, 0.15) is 31.7 Å². The molecule has 0 bridgehead atoms. The van der Waals surface area contributed by atoms with Crippen LogP contribution in [-0.4, -0.2) is 46.4 Å². The van der Waals surface area contributed by atoms with E-state index in [1.807, 2.05) is 25.1 Å². The number of ether oxygens (including phenoxy) is 3. The number of carbonyl (C=O) groups excluding carboxylic acids is 1. The Morgan fingerprint density at radius 3 is 2.88 bits per heavy atom. The summed E-state index contributed by atoms with van der Waals surface area (Å²) in [5.74, 6) is 1.79. The quantitative estimate of drug-likeness (QED) is 0.535. The normalized spacial score (nSPS) is 17.8. The van der Waals surface area contributed by atoms with Crippen molar-refractivity contribution in [2.75, 3.05) is 24.3 Å². The molecule has 168 valence electrons. The van der Waals surface area contributed by atoms with Crippen LogP contribution in [0.3, 0.4) is 0 Å². The largest absolute Gasteiger partial charge is 0.484 e. The van der Waals surface area contributed by atoms with E-state index in [0.29, 0.717) is 59.2 Å². The number of hydrogen-bond donors (Lipinski definition) is 3. The molecule has 2 aromatic heterocycles. The fourth-order valence-electron chi connectivity index (χ4n) is 3.82. The second-order valence-electron chi connectivity index (χ2n) is 8.13. The maximum Gasteiger partial charge on any atom is 0.325 e. The van der Waals surface area contributed by atoms with Gasteiger partial charge in [0.05, 0.1) is 24.1 Å². The predicted molar refractivity (Wildman–Crippen MR) is 120 cm³/mol. The minimum absolute atomic E-state index is 0.0477. The molecule has 10 heteroatoms. The molecule has 0 saturated heterocycles. The van der Waals surface area contributed by atoms with E-state index >= 15 is 0 Å². The zero-order valence-electron chi connectivity index (χ0n) is 18.1. The first-order valence-corrected chi connectivity index (χ1v) is 10.7.